The van der Waals surface area contributed by atoms with Crippen LogP contribution in [0.4, 0.5) is 5.82 Å². The molecular weight excluding hydrogens is 238 g/mol. The molecule has 2 rings (SSSR count). The predicted octanol–water partition coefficient (Wildman–Crippen LogP) is 2.92. The van der Waals surface area contributed by atoms with E-state index in [0.717, 1.165) is 25.8 Å². The molecule has 1 aromatic rings. The number of hydrogen-bond donors (Lipinski definition) is 1. The number of carbonyl (C=O) groups excluding carboxylic acids is 1. The summed E-state index contributed by atoms with van der Waals surface area (Å²) in [6.07, 6.45) is 7.46. The van der Waals surface area contributed by atoms with E-state index in [-0.39, 0.29) is 5.91 Å². The van der Waals surface area contributed by atoms with Gasteiger partial charge in [0.25, 0.3) is 5.91 Å². The van der Waals surface area contributed by atoms with Gasteiger partial charge in [-0.2, -0.15) is 0 Å². The zero-order valence-electron chi connectivity index (χ0n) is 11.9. The summed E-state index contributed by atoms with van der Waals surface area (Å²) in [5.41, 5.74) is 0.686. The second-order valence-electron chi connectivity index (χ2n) is 5.18. The number of anilines is 1. The smallest absolute Gasteiger partial charge is 0.257 e. The van der Waals surface area contributed by atoms with Crippen LogP contribution in [0.15, 0.2) is 18.3 Å². The highest BCUT2D eigenvalue weighted by atomic mass is 16.2. The standard InChI is InChI=1S/C15H23N3O/c1-3-10-16-14-13(9-6-11-17-14)15(19)18(2)12-7-4-5-8-12/h6,9,11-12H,3-5,7-8,10H2,1-2H3,(H,16,17). The van der Waals surface area contributed by atoms with Gasteiger partial charge in [-0.25, -0.2) is 4.98 Å². The van der Waals surface area contributed by atoms with Crippen LogP contribution < -0.4 is 5.32 Å². The van der Waals surface area contributed by atoms with Gasteiger partial charge in [0.2, 0.25) is 0 Å². The van der Waals surface area contributed by atoms with Crippen LogP contribution in [-0.4, -0.2) is 35.4 Å². The number of nitrogens with one attached hydrogen (secondary N) is 1. The molecule has 1 N–H and O–H groups in total. The second kappa shape index (κ2) is 6.55. The van der Waals surface area contributed by atoms with Crippen molar-refractivity contribution in [2.45, 2.75) is 45.1 Å². The molecule has 1 amide bonds. The maximum atomic E-state index is 12.6. The Labute approximate surface area is 115 Å². The monoisotopic (exact) mass is 261 g/mol. The van der Waals surface area contributed by atoms with Gasteiger partial charge in [0.05, 0.1) is 5.56 Å². The average Bonchev–Trinajstić information content (AvgIpc) is 2.98. The van der Waals surface area contributed by atoms with Crippen LogP contribution in [0, 0.1) is 0 Å². The van der Waals surface area contributed by atoms with Crippen molar-refractivity contribution in [2.75, 3.05) is 18.9 Å². The third-order valence-electron chi connectivity index (χ3n) is 3.77. The van der Waals surface area contributed by atoms with Gasteiger partial charge in [0.1, 0.15) is 5.82 Å². The Morgan fingerprint density at radius 3 is 2.89 bits per heavy atom. The summed E-state index contributed by atoms with van der Waals surface area (Å²) in [7, 11) is 1.91. The van der Waals surface area contributed by atoms with E-state index in [1.807, 2.05) is 24.1 Å². The minimum Gasteiger partial charge on any atom is -0.369 e. The first-order valence-corrected chi connectivity index (χ1v) is 7.20. The molecule has 0 atom stereocenters. The van der Waals surface area contributed by atoms with Crippen LogP contribution in [0.25, 0.3) is 0 Å². The van der Waals surface area contributed by atoms with E-state index in [2.05, 4.69) is 17.2 Å². The second-order valence-corrected chi connectivity index (χ2v) is 5.18. The van der Waals surface area contributed by atoms with Crippen LogP contribution in [0.5, 0.6) is 0 Å². The number of nitrogens with zero attached hydrogens (tertiary/aromatic N) is 2. The van der Waals surface area contributed by atoms with E-state index < -0.39 is 0 Å². The molecule has 0 spiro atoms. The molecule has 0 aromatic carbocycles. The molecule has 0 aliphatic heterocycles. The Balaban J connectivity index is 2.13. The van der Waals surface area contributed by atoms with Gasteiger partial charge in [0, 0.05) is 25.8 Å². The van der Waals surface area contributed by atoms with Gasteiger partial charge >= 0.3 is 0 Å². The summed E-state index contributed by atoms with van der Waals surface area (Å²) in [6.45, 7) is 2.94. The van der Waals surface area contributed by atoms with Gasteiger partial charge < -0.3 is 10.2 Å². The lowest BCUT2D eigenvalue weighted by Crippen LogP contribution is -2.35. The molecule has 104 valence electrons. The molecule has 4 heteroatoms. The topological polar surface area (TPSA) is 45.2 Å². The zero-order valence-corrected chi connectivity index (χ0v) is 11.9. The van der Waals surface area contributed by atoms with Crippen LogP contribution in [0.3, 0.4) is 0 Å². The third-order valence-corrected chi connectivity index (χ3v) is 3.77. The molecule has 1 aliphatic rings. The first-order valence-electron chi connectivity index (χ1n) is 7.20. The summed E-state index contributed by atoms with van der Waals surface area (Å²) in [5.74, 6) is 0.790. The fraction of sp³-hybridized carbons (Fsp3) is 0.600. The number of hydrogen-bond acceptors (Lipinski definition) is 3. The summed E-state index contributed by atoms with van der Waals surface area (Å²) in [4.78, 5) is 18.7. The number of aromatic nitrogens is 1. The van der Waals surface area contributed by atoms with Crippen molar-refractivity contribution in [3.8, 4) is 0 Å². The van der Waals surface area contributed by atoms with Gasteiger partial charge in [0.15, 0.2) is 0 Å². The molecule has 0 radical (unpaired) electrons. The van der Waals surface area contributed by atoms with E-state index in [9.17, 15) is 4.79 Å². The lowest BCUT2D eigenvalue weighted by atomic mass is 10.1. The van der Waals surface area contributed by atoms with Crippen molar-refractivity contribution < 1.29 is 4.79 Å². The van der Waals surface area contributed by atoms with Crippen molar-refractivity contribution in [3.63, 3.8) is 0 Å². The maximum Gasteiger partial charge on any atom is 0.257 e. The Hall–Kier alpha value is -1.58. The molecule has 1 fully saturated rings. The van der Waals surface area contributed by atoms with Gasteiger partial charge in [-0.3, -0.25) is 4.79 Å². The fourth-order valence-corrected chi connectivity index (χ4v) is 2.61. The summed E-state index contributed by atoms with van der Waals surface area (Å²) >= 11 is 0. The molecule has 1 saturated carbocycles. The lowest BCUT2D eigenvalue weighted by Gasteiger charge is -2.25. The minimum atomic E-state index is 0.0820. The quantitative estimate of drug-likeness (QED) is 0.886. The van der Waals surface area contributed by atoms with Crippen molar-refractivity contribution in [3.05, 3.63) is 23.9 Å². The molecule has 4 nitrogen and oxygen atoms in total. The molecule has 1 heterocycles. The van der Waals surface area contributed by atoms with Crippen LogP contribution in [-0.2, 0) is 0 Å². The Morgan fingerprint density at radius 1 is 1.47 bits per heavy atom. The van der Waals surface area contributed by atoms with E-state index in [4.69, 9.17) is 0 Å². The average molecular weight is 261 g/mol. The highest BCUT2D eigenvalue weighted by Crippen LogP contribution is 2.24. The van der Waals surface area contributed by atoms with Gasteiger partial charge in [-0.15, -0.1) is 0 Å². The van der Waals surface area contributed by atoms with E-state index in [0.29, 0.717) is 17.4 Å². The molecule has 0 saturated heterocycles. The van der Waals surface area contributed by atoms with Crippen molar-refractivity contribution in [2.24, 2.45) is 0 Å². The number of carbonyl (C=O) groups is 1. The zero-order chi connectivity index (χ0) is 13.7. The lowest BCUT2D eigenvalue weighted by molar-refractivity contribution is 0.0736. The van der Waals surface area contributed by atoms with E-state index >= 15 is 0 Å². The molecule has 0 bridgehead atoms. The SMILES string of the molecule is CCCNc1ncccc1C(=O)N(C)C1CCCC1. The fourth-order valence-electron chi connectivity index (χ4n) is 2.61. The van der Waals surface area contributed by atoms with Gasteiger partial charge in [-0.05, 0) is 31.4 Å². The molecule has 1 aliphatic carbocycles. The van der Waals surface area contributed by atoms with Gasteiger partial charge in [-0.1, -0.05) is 19.8 Å². The Kier molecular flexibility index (Phi) is 4.77. The van der Waals surface area contributed by atoms with Crippen molar-refractivity contribution in [1.29, 1.82) is 0 Å². The molecular formula is C15H23N3O. The molecule has 19 heavy (non-hydrogen) atoms. The van der Waals surface area contributed by atoms with Crippen LogP contribution in [0.2, 0.25) is 0 Å². The largest absolute Gasteiger partial charge is 0.369 e. The van der Waals surface area contributed by atoms with Crippen molar-refractivity contribution in [1.82, 2.24) is 9.88 Å². The minimum absolute atomic E-state index is 0.0820. The maximum absolute atomic E-state index is 12.6. The van der Waals surface area contributed by atoms with Crippen molar-refractivity contribution >= 4 is 11.7 Å². The number of pyridine rings is 1. The molecule has 0 unspecified atom stereocenters. The first-order chi connectivity index (χ1) is 9.24. The summed E-state index contributed by atoms with van der Waals surface area (Å²) < 4.78 is 0. The summed E-state index contributed by atoms with van der Waals surface area (Å²) in [5, 5.41) is 3.23. The number of amides is 1. The highest BCUT2D eigenvalue weighted by molar-refractivity contribution is 5.98. The number of rotatable bonds is 5. The van der Waals surface area contributed by atoms with Crippen LogP contribution >= 0.6 is 0 Å². The first kappa shape index (κ1) is 13.8. The van der Waals surface area contributed by atoms with E-state index in [1.165, 1.54) is 12.8 Å². The molecule has 1 aromatic heterocycles. The normalized spacial score (nSPS) is 15.5. The third kappa shape index (κ3) is 3.25. The van der Waals surface area contributed by atoms with E-state index in [1.54, 1.807) is 6.20 Å². The Bertz CT molecular complexity index is 427. The van der Waals surface area contributed by atoms with Crippen LogP contribution in [0.1, 0.15) is 49.4 Å². The Morgan fingerprint density at radius 2 is 2.21 bits per heavy atom. The summed E-state index contributed by atoms with van der Waals surface area (Å²) in [6, 6.07) is 4.08. The predicted molar refractivity (Wildman–Crippen MR) is 77.4 cm³/mol. The highest BCUT2D eigenvalue weighted by Gasteiger charge is 2.25.